The van der Waals surface area contributed by atoms with Gasteiger partial charge in [0.1, 0.15) is 0 Å². The molecule has 2 fully saturated rings. The van der Waals surface area contributed by atoms with Crippen LogP contribution in [0.3, 0.4) is 0 Å². The van der Waals surface area contributed by atoms with Gasteiger partial charge in [-0.05, 0) is 18.6 Å². The van der Waals surface area contributed by atoms with Crippen molar-refractivity contribution in [3.05, 3.63) is 0 Å². The molecule has 0 aromatic rings. The highest BCUT2D eigenvalue weighted by Gasteiger charge is 2.26. The van der Waals surface area contributed by atoms with Crippen LogP contribution in [0.4, 0.5) is 0 Å². The molecule has 2 aliphatic rings. The third kappa shape index (κ3) is 2.52. The summed E-state index contributed by atoms with van der Waals surface area (Å²) < 4.78 is 0. The maximum absolute atomic E-state index is 2.24. The SMILES string of the molecule is C1CCC(C2CSCCS2)SC1. The largest absolute Gasteiger partial charge is 0.160 e. The first-order valence-electron chi connectivity index (χ1n) is 4.78. The first-order chi connectivity index (χ1) is 5.97. The summed E-state index contributed by atoms with van der Waals surface area (Å²) >= 11 is 6.63. The van der Waals surface area contributed by atoms with Gasteiger partial charge in [-0.3, -0.25) is 0 Å². The molecule has 0 N–H and O–H groups in total. The average molecular weight is 220 g/mol. The minimum Gasteiger partial charge on any atom is -0.160 e. The lowest BCUT2D eigenvalue weighted by atomic mass is 10.1. The molecule has 0 aromatic carbocycles. The van der Waals surface area contributed by atoms with Crippen LogP contribution >= 0.6 is 35.3 Å². The zero-order chi connectivity index (χ0) is 8.23. The van der Waals surface area contributed by atoms with Crippen LogP contribution in [0.2, 0.25) is 0 Å². The van der Waals surface area contributed by atoms with E-state index >= 15 is 0 Å². The molecule has 2 rings (SSSR count). The molecule has 0 aromatic heterocycles. The second kappa shape index (κ2) is 5.06. The summed E-state index contributed by atoms with van der Waals surface area (Å²) in [6.45, 7) is 0. The molecule has 0 bridgehead atoms. The number of rotatable bonds is 1. The monoisotopic (exact) mass is 220 g/mol. The van der Waals surface area contributed by atoms with E-state index in [2.05, 4.69) is 35.3 Å². The van der Waals surface area contributed by atoms with Gasteiger partial charge in [0, 0.05) is 27.8 Å². The third-order valence-electron chi connectivity index (χ3n) is 2.47. The van der Waals surface area contributed by atoms with Crippen molar-refractivity contribution in [3.8, 4) is 0 Å². The second-order valence-electron chi connectivity index (χ2n) is 3.39. The highest BCUT2D eigenvalue weighted by Crippen LogP contribution is 2.37. The molecule has 12 heavy (non-hydrogen) atoms. The first-order valence-corrected chi connectivity index (χ1v) is 8.03. The molecular weight excluding hydrogens is 204 g/mol. The van der Waals surface area contributed by atoms with Crippen molar-refractivity contribution < 1.29 is 0 Å². The summed E-state index contributed by atoms with van der Waals surface area (Å²) in [4.78, 5) is 0. The Morgan fingerprint density at radius 2 is 1.75 bits per heavy atom. The molecule has 70 valence electrons. The highest BCUT2D eigenvalue weighted by molar-refractivity contribution is 8.08. The van der Waals surface area contributed by atoms with Gasteiger partial charge in [0.25, 0.3) is 0 Å². The van der Waals surface area contributed by atoms with Crippen LogP contribution in [0.5, 0.6) is 0 Å². The van der Waals surface area contributed by atoms with Crippen LogP contribution < -0.4 is 0 Å². The molecule has 0 radical (unpaired) electrons. The zero-order valence-electron chi connectivity index (χ0n) is 7.33. The summed E-state index contributed by atoms with van der Waals surface area (Å²) in [6, 6.07) is 0. The van der Waals surface area contributed by atoms with Crippen molar-refractivity contribution in [1.29, 1.82) is 0 Å². The Balaban J connectivity index is 1.80. The lowest BCUT2D eigenvalue weighted by molar-refractivity contribution is 0.660. The number of thioether (sulfide) groups is 3. The molecular formula is C9H16S3. The predicted octanol–water partition coefficient (Wildman–Crippen LogP) is 3.12. The Labute approximate surface area is 88.0 Å². The lowest BCUT2D eigenvalue weighted by Crippen LogP contribution is -2.28. The molecule has 2 saturated heterocycles. The smallest absolute Gasteiger partial charge is 0.0257 e. The summed E-state index contributed by atoms with van der Waals surface area (Å²) in [7, 11) is 0. The van der Waals surface area contributed by atoms with Crippen LogP contribution in [0.1, 0.15) is 19.3 Å². The maximum Gasteiger partial charge on any atom is 0.0257 e. The molecule has 2 atom stereocenters. The molecule has 0 nitrogen and oxygen atoms in total. The predicted molar refractivity (Wildman–Crippen MR) is 63.7 cm³/mol. The molecule has 2 unspecified atom stereocenters. The Morgan fingerprint density at radius 3 is 2.42 bits per heavy atom. The van der Waals surface area contributed by atoms with Gasteiger partial charge in [0.2, 0.25) is 0 Å². The summed E-state index contributed by atoms with van der Waals surface area (Å²) in [6.07, 6.45) is 4.44. The summed E-state index contributed by atoms with van der Waals surface area (Å²) in [5.74, 6) is 5.62. The van der Waals surface area contributed by atoms with E-state index in [4.69, 9.17) is 0 Å². The highest BCUT2D eigenvalue weighted by atomic mass is 32.2. The Hall–Kier alpha value is 1.05. The van der Waals surface area contributed by atoms with Gasteiger partial charge in [0.15, 0.2) is 0 Å². The molecule has 0 spiro atoms. The van der Waals surface area contributed by atoms with Gasteiger partial charge in [-0.1, -0.05) is 6.42 Å². The fraction of sp³-hybridized carbons (Fsp3) is 1.00. The topological polar surface area (TPSA) is 0 Å². The lowest BCUT2D eigenvalue weighted by Gasteiger charge is -2.31. The van der Waals surface area contributed by atoms with E-state index in [1.54, 1.807) is 0 Å². The molecule has 2 heterocycles. The van der Waals surface area contributed by atoms with Crippen LogP contribution in [-0.4, -0.2) is 33.5 Å². The zero-order valence-corrected chi connectivity index (χ0v) is 9.78. The van der Waals surface area contributed by atoms with Crippen LogP contribution in [0, 0.1) is 0 Å². The van der Waals surface area contributed by atoms with Gasteiger partial charge in [-0.2, -0.15) is 35.3 Å². The molecule has 0 amide bonds. The minimum absolute atomic E-state index is 0.981. The Bertz CT molecular complexity index is 110. The standard InChI is InChI=1S/C9H16S3/c1-2-4-11-8(3-1)9-7-10-5-6-12-9/h8-9H,1-7H2. The van der Waals surface area contributed by atoms with E-state index in [0.717, 1.165) is 10.5 Å². The summed E-state index contributed by atoms with van der Waals surface area (Å²) in [5.41, 5.74) is 0. The molecule has 0 saturated carbocycles. The van der Waals surface area contributed by atoms with E-state index in [-0.39, 0.29) is 0 Å². The first kappa shape index (κ1) is 9.60. The van der Waals surface area contributed by atoms with E-state index in [1.807, 2.05) is 0 Å². The van der Waals surface area contributed by atoms with Crippen molar-refractivity contribution in [2.75, 3.05) is 23.0 Å². The van der Waals surface area contributed by atoms with Crippen molar-refractivity contribution >= 4 is 35.3 Å². The van der Waals surface area contributed by atoms with Gasteiger partial charge in [-0.15, -0.1) is 0 Å². The van der Waals surface area contributed by atoms with Gasteiger partial charge in [-0.25, -0.2) is 0 Å². The van der Waals surface area contributed by atoms with Crippen LogP contribution in [0.25, 0.3) is 0 Å². The quantitative estimate of drug-likeness (QED) is 0.666. The second-order valence-corrected chi connectivity index (χ2v) is 7.23. The van der Waals surface area contributed by atoms with E-state index in [1.165, 1.54) is 42.3 Å². The van der Waals surface area contributed by atoms with Gasteiger partial charge >= 0.3 is 0 Å². The normalized spacial score (nSPS) is 38.0. The minimum atomic E-state index is 0.981. The molecule has 2 aliphatic heterocycles. The van der Waals surface area contributed by atoms with Crippen LogP contribution in [0.15, 0.2) is 0 Å². The van der Waals surface area contributed by atoms with Gasteiger partial charge < -0.3 is 0 Å². The van der Waals surface area contributed by atoms with Crippen molar-refractivity contribution in [2.24, 2.45) is 0 Å². The summed E-state index contributed by atoms with van der Waals surface area (Å²) in [5, 5.41) is 1.98. The van der Waals surface area contributed by atoms with E-state index in [0.29, 0.717) is 0 Å². The number of hydrogen-bond acceptors (Lipinski definition) is 3. The molecule has 3 heteroatoms. The maximum atomic E-state index is 2.24. The van der Waals surface area contributed by atoms with E-state index in [9.17, 15) is 0 Å². The fourth-order valence-electron chi connectivity index (χ4n) is 1.78. The number of hydrogen-bond donors (Lipinski definition) is 0. The average Bonchev–Trinajstić information content (AvgIpc) is 2.21. The third-order valence-corrected chi connectivity index (χ3v) is 7.08. The van der Waals surface area contributed by atoms with Crippen molar-refractivity contribution in [1.82, 2.24) is 0 Å². The Kier molecular flexibility index (Phi) is 4.05. The van der Waals surface area contributed by atoms with Crippen molar-refractivity contribution in [3.63, 3.8) is 0 Å². The fourth-order valence-corrected chi connectivity index (χ4v) is 6.51. The van der Waals surface area contributed by atoms with E-state index < -0.39 is 0 Å². The Morgan fingerprint density at radius 1 is 0.833 bits per heavy atom. The van der Waals surface area contributed by atoms with Gasteiger partial charge in [0.05, 0.1) is 0 Å². The molecule has 0 aliphatic carbocycles. The van der Waals surface area contributed by atoms with Crippen molar-refractivity contribution in [2.45, 2.75) is 29.8 Å². The van der Waals surface area contributed by atoms with Crippen LogP contribution in [-0.2, 0) is 0 Å².